The molecule has 0 radical (unpaired) electrons. The number of carbonyl (C=O) groups is 1. The van der Waals surface area contributed by atoms with Gasteiger partial charge in [-0.2, -0.15) is 0 Å². The normalized spacial score (nSPS) is 16.3. The number of likely N-dealkylation sites (tertiary alicyclic amines) is 1. The molecule has 1 aliphatic heterocycles. The van der Waals surface area contributed by atoms with Gasteiger partial charge >= 0.3 is 0 Å². The van der Waals surface area contributed by atoms with Gasteiger partial charge in [0.25, 0.3) is 5.24 Å². The summed E-state index contributed by atoms with van der Waals surface area (Å²) in [5, 5.41) is -0.475. The van der Waals surface area contributed by atoms with Gasteiger partial charge < -0.3 is 4.74 Å². The van der Waals surface area contributed by atoms with Gasteiger partial charge in [0, 0.05) is 13.1 Å². The minimum atomic E-state index is -0.475. The van der Waals surface area contributed by atoms with Gasteiger partial charge in [-0.25, -0.2) is 0 Å². The third kappa shape index (κ3) is 2.74. The Hall–Kier alpha value is -1.06. The molecule has 1 heterocycles. The van der Waals surface area contributed by atoms with Crippen LogP contribution in [0.3, 0.4) is 0 Å². The highest BCUT2D eigenvalue weighted by Crippen LogP contribution is 2.20. The molecule has 86 valence electrons. The van der Waals surface area contributed by atoms with Crippen LogP contribution in [0.2, 0.25) is 0 Å². The summed E-state index contributed by atoms with van der Waals surface area (Å²) in [6.45, 7) is 2.66. The van der Waals surface area contributed by atoms with E-state index >= 15 is 0 Å². The lowest BCUT2D eigenvalue weighted by molar-refractivity contribution is 0.107. The van der Waals surface area contributed by atoms with E-state index < -0.39 is 5.24 Å². The van der Waals surface area contributed by atoms with E-state index in [0.29, 0.717) is 18.0 Å². The predicted molar refractivity (Wildman–Crippen MR) is 62.9 cm³/mol. The van der Waals surface area contributed by atoms with Crippen LogP contribution >= 0.6 is 11.6 Å². The van der Waals surface area contributed by atoms with Crippen LogP contribution in [0.1, 0.15) is 23.2 Å². The van der Waals surface area contributed by atoms with Crippen LogP contribution in [-0.2, 0) is 0 Å². The Bertz CT molecular complexity index is 375. The smallest absolute Gasteiger partial charge is 0.256 e. The number of para-hydroxylation sites is 1. The van der Waals surface area contributed by atoms with Crippen LogP contribution in [0.15, 0.2) is 24.3 Å². The molecule has 0 bridgehead atoms. The summed E-state index contributed by atoms with van der Waals surface area (Å²) in [6.07, 6.45) is 2.44. The Morgan fingerprint density at radius 1 is 1.31 bits per heavy atom. The molecule has 1 aromatic rings. The Morgan fingerprint density at radius 2 is 2.00 bits per heavy atom. The molecular formula is C12H14ClNO2. The fourth-order valence-corrected chi connectivity index (χ4v) is 1.98. The van der Waals surface area contributed by atoms with Crippen LogP contribution in [-0.4, -0.2) is 30.0 Å². The van der Waals surface area contributed by atoms with E-state index in [9.17, 15) is 4.79 Å². The molecule has 0 saturated carbocycles. The number of halogens is 1. The Morgan fingerprint density at radius 3 is 2.69 bits per heavy atom. The van der Waals surface area contributed by atoms with E-state index in [4.69, 9.17) is 16.3 Å². The summed E-state index contributed by atoms with van der Waals surface area (Å²) in [5.41, 5.74) is 0.434. The number of nitrogens with zero attached hydrogens (tertiary/aromatic N) is 1. The highest BCUT2D eigenvalue weighted by Gasteiger charge is 2.14. The van der Waals surface area contributed by atoms with Gasteiger partial charge in [0.15, 0.2) is 0 Å². The van der Waals surface area contributed by atoms with E-state index in [1.807, 2.05) is 6.07 Å². The summed E-state index contributed by atoms with van der Waals surface area (Å²) >= 11 is 5.47. The molecule has 0 aromatic heterocycles. The van der Waals surface area contributed by atoms with Crippen LogP contribution in [0.4, 0.5) is 0 Å². The van der Waals surface area contributed by atoms with E-state index in [0.717, 1.165) is 13.1 Å². The largest absolute Gasteiger partial charge is 0.477 e. The van der Waals surface area contributed by atoms with E-state index in [1.165, 1.54) is 12.8 Å². The van der Waals surface area contributed by atoms with Gasteiger partial charge in [-0.1, -0.05) is 12.1 Å². The molecule has 0 aliphatic carbocycles. The van der Waals surface area contributed by atoms with Crippen LogP contribution in [0, 0.1) is 0 Å². The summed E-state index contributed by atoms with van der Waals surface area (Å²) in [5.74, 6) is 0.564. The Balaban J connectivity index is 2.00. The van der Waals surface area contributed by atoms with Gasteiger partial charge in [0.05, 0.1) is 5.56 Å². The van der Waals surface area contributed by atoms with E-state index in [2.05, 4.69) is 4.90 Å². The summed E-state index contributed by atoms with van der Waals surface area (Å²) in [7, 11) is 0. The van der Waals surface area contributed by atoms with Crippen LogP contribution < -0.4 is 4.74 Å². The number of rotatable bonds is 4. The number of carbonyl (C=O) groups excluding carboxylic acids is 1. The molecule has 0 atom stereocenters. The SMILES string of the molecule is O=C(Cl)c1ccccc1OCN1CCCC1. The Kier molecular flexibility index (Phi) is 3.80. The lowest BCUT2D eigenvalue weighted by Crippen LogP contribution is -2.24. The highest BCUT2D eigenvalue weighted by atomic mass is 35.5. The fraction of sp³-hybridized carbons (Fsp3) is 0.417. The van der Waals surface area contributed by atoms with Crippen molar-refractivity contribution in [3.8, 4) is 5.75 Å². The van der Waals surface area contributed by atoms with E-state index in [-0.39, 0.29) is 0 Å². The second kappa shape index (κ2) is 5.32. The van der Waals surface area contributed by atoms with Crippen molar-refractivity contribution in [3.63, 3.8) is 0 Å². The van der Waals surface area contributed by atoms with Crippen molar-refractivity contribution in [2.75, 3.05) is 19.8 Å². The fourth-order valence-electron chi connectivity index (χ4n) is 1.83. The minimum Gasteiger partial charge on any atom is -0.477 e. The van der Waals surface area contributed by atoms with Gasteiger partial charge in [-0.15, -0.1) is 0 Å². The average Bonchev–Trinajstić information content (AvgIpc) is 2.79. The van der Waals surface area contributed by atoms with Crippen LogP contribution in [0.5, 0.6) is 5.75 Å². The van der Waals surface area contributed by atoms with Gasteiger partial charge in [0.2, 0.25) is 0 Å². The van der Waals surface area contributed by atoms with Crippen molar-refractivity contribution in [3.05, 3.63) is 29.8 Å². The number of hydrogen-bond acceptors (Lipinski definition) is 3. The van der Waals surface area contributed by atoms with Crippen LogP contribution in [0.25, 0.3) is 0 Å². The van der Waals surface area contributed by atoms with Crippen molar-refractivity contribution >= 4 is 16.8 Å². The number of benzene rings is 1. The quantitative estimate of drug-likeness (QED) is 0.756. The monoisotopic (exact) mass is 239 g/mol. The molecule has 4 heteroatoms. The molecule has 0 amide bonds. The molecule has 0 N–H and O–H groups in total. The maximum absolute atomic E-state index is 11.1. The second-order valence-corrected chi connectivity index (χ2v) is 4.21. The standard InChI is InChI=1S/C12H14ClNO2/c13-12(15)10-5-1-2-6-11(10)16-9-14-7-3-4-8-14/h1-2,5-6H,3-4,7-9H2. The summed E-state index contributed by atoms with van der Waals surface area (Å²) in [6, 6.07) is 7.06. The topological polar surface area (TPSA) is 29.5 Å². The first kappa shape index (κ1) is 11.4. The van der Waals surface area contributed by atoms with Gasteiger partial charge in [-0.3, -0.25) is 9.69 Å². The third-order valence-corrected chi connectivity index (χ3v) is 2.90. The van der Waals surface area contributed by atoms with Gasteiger partial charge in [-0.05, 0) is 36.6 Å². The number of hydrogen-bond donors (Lipinski definition) is 0. The lowest BCUT2D eigenvalue weighted by atomic mass is 10.2. The second-order valence-electron chi connectivity index (χ2n) is 3.87. The molecule has 16 heavy (non-hydrogen) atoms. The lowest BCUT2D eigenvalue weighted by Gasteiger charge is -2.16. The molecule has 0 spiro atoms. The summed E-state index contributed by atoms with van der Waals surface area (Å²) < 4.78 is 5.60. The zero-order valence-electron chi connectivity index (χ0n) is 8.99. The molecular weight excluding hydrogens is 226 g/mol. The van der Waals surface area contributed by atoms with Crippen molar-refractivity contribution in [2.45, 2.75) is 12.8 Å². The van der Waals surface area contributed by atoms with E-state index in [1.54, 1.807) is 18.2 Å². The van der Waals surface area contributed by atoms with Crippen molar-refractivity contribution in [1.82, 2.24) is 4.90 Å². The highest BCUT2D eigenvalue weighted by molar-refractivity contribution is 6.68. The average molecular weight is 240 g/mol. The summed E-state index contributed by atoms with van der Waals surface area (Å²) in [4.78, 5) is 13.4. The van der Waals surface area contributed by atoms with Crippen molar-refractivity contribution in [2.24, 2.45) is 0 Å². The first-order chi connectivity index (χ1) is 7.77. The minimum absolute atomic E-state index is 0.434. The maximum atomic E-state index is 11.1. The first-order valence-corrected chi connectivity index (χ1v) is 5.79. The molecule has 1 saturated heterocycles. The van der Waals surface area contributed by atoms with Crippen molar-refractivity contribution in [1.29, 1.82) is 0 Å². The molecule has 1 aromatic carbocycles. The molecule has 3 nitrogen and oxygen atoms in total. The van der Waals surface area contributed by atoms with Crippen molar-refractivity contribution < 1.29 is 9.53 Å². The first-order valence-electron chi connectivity index (χ1n) is 5.41. The molecule has 1 fully saturated rings. The Labute approximate surface area is 100.0 Å². The molecule has 1 aliphatic rings. The predicted octanol–water partition coefficient (Wildman–Crippen LogP) is 2.50. The molecule has 2 rings (SSSR count). The van der Waals surface area contributed by atoms with Gasteiger partial charge in [0.1, 0.15) is 12.5 Å². The zero-order valence-corrected chi connectivity index (χ0v) is 9.74. The maximum Gasteiger partial charge on any atom is 0.256 e. The zero-order chi connectivity index (χ0) is 11.4. The third-order valence-electron chi connectivity index (χ3n) is 2.70. The number of ether oxygens (including phenoxy) is 1. The molecule has 0 unspecified atom stereocenters.